The van der Waals surface area contributed by atoms with E-state index >= 15 is 0 Å². The van der Waals surface area contributed by atoms with Gasteiger partial charge in [-0.1, -0.05) is 12.1 Å². The Morgan fingerprint density at radius 3 is 2.28 bits per heavy atom. The van der Waals surface area contributed by atoms with Crippen LogP contribution >= 0.6 is 37.2 Å². The number of nitrogens with zero attached hydrogens (tertiary/aromatic N) is 4. The molecule has 4 aromatic rings. The van der Waals surface area contributed by atoms with Gasteiger partial charge >= 0.3 is 0 Å². The van der Waals surface area contributed by atoms with Crippen molar-refractivity contribution in [1.29, 1.82) is 0 Å². The maximum Gasteiger partial charge on any atom is 0.259 e. The molecule has 0 bridgehead atoms. The number of ether oxygens (including phenoxy) is 2. The van der Waals surface area contributed by atoms with Crippen LogP contribution in [-0.4, -0.2) is 106 Å². The van der Waals surface area contributed by atoms with Crippen molar-refractivity contribution in [1.82, 2.24) is 25.1 Å². The molecule has 1 fully saturated rings. The van der Waals surface area contributed by atoms with E-state index in [0.717, 1.165) is 62.3 Å². The number of piperazine rings is 1. The molecule has 1 aliphatic heterocycles. The highest BCUT2D eigenvalue weighted by Crippen LogP contribution is 2.31. The summed E-state index contributed by atoms with van der Waals surface area (Å²) < 4.78 is 11.7. The van der Waals surface area contributed by atoms with Gasteiger partial charge in [-0.15, -0.1) is 37.2 Å². The van der Waals surface area contributed by atoms with E-state index in [-0.39, 0.29) is 60.7 Å². The third-order valence-corrected chi connectivity index (χ3v) is 8.50. The van der Waals surface area contributed by atoms with Gasteiger partial charge < -0.3 is 39.8 Å². The monoisotopic (exact) mass is 793 g/mol. The lowest BCUT2D eigenvalue weighted by molar-refractivity contribution is -0.132. The van der Waals surface area contributed by atoms with Gasteiger partial charge in [0.1, 0.15) is 22.8 Å². The van der Waals surface area contributed by atoms with Gasteiger partial charge in [0.05, 0.1) is 36.2 Å². The summed E-state index contributed by atoms with van der Waals surface area (Å²) in [4.78, 5) is 52.8. The average molecular weight is 795 g/mol. The molecule has 5 rings (SSSR count). The molecule has 0 atom stereocenters. The van der Waals surface area contributed by atoms with E-state index in [2.05, 4.69) is 32.5 Å². The van der Waals surface area contributed by atoms with Crippen LogP contribution in [0.4, 0.5) is 11.4 Å². The molecule has 15 heteroatoms. The number of hydrogen-bond donors (Lipinski definition) is 3. The number of aryl methyl sites for hydroxylation is 2. The van der Waals surface area contributed by atoms with Gasteiger partial charge in [-0.3, -0.25) is 14.4 Å². The molecule has 0 spiro atoms. The third kappa shape index (κ3) is 12.8. The second-order valence-corrected chi connectivity index (χ2v) is 12.6. The molecule has 12 nitrogen and oxygen atoms in total. The molecule has 292 valence electrons. The van der Waals surface area contributed by atoms with Gasteiger partial charge in [0.2, 0.25) is 5.91 Å². The predicted octanol–water partition coefficient (Wildman–Crippen LogP) is 6.53. The summed E-state index contributed by atoms with van der Waals surface area (Å²) in [6.45, 7) is 7.77. The Hall–Kier alpha value is -4.07. The van der Waals surface area contributed by atoms with E-state index in [0.29, 0.717) is 46.8 Å². The lowest BCUT2D eigenvalue weighted by atomic mass is 10.1. The van der Waals surface area contributed by atoms with Crippen LogP contribution in [0.1, 0.15) is 57.8 Å². The van der Waals surface area contributed by atoms with Gasteiger partial charge in [-0.25, -0.2) is 4.98 Å². The van der Waals surface area contributed by atoms with E-state index in [4.69, 9.17) is 9.47 Å². The molecule has 0 aliphatic carbocycles. The minimum absolute atomic E-state index is 0. The van der Waals surface area contributed by atoms with Gasteiger partial charge in [0.25, 0.3) is 11.8 Å². The Labute approximate surface area is 331 Å². The van der Waals surface area contributed by atoms with Crippen molar-refractivity contribution in [2.75, 3.05) is 78.3 Å². The van der Waals surface area contributed by atoms with E-state index in [9.17, 15) is 14.4 Å². The molecule has 0 unspecified atom stereocenters. The second-order valence-electron chi connectivity index (χ2n) is 12.6. The number of imidazole rings is 1. The maximum atomic E-state index is 13.7. The minimum Gasteiger partial charge on any atom is -0.496 e. The van der Waals surface area contributed by atoms with Crippen molar-refractivity contribution in [3.05, 3.63) is 77.1 Å². The first kappa shape index (κ1) is 47.0. The van der Waals surface area contributed by atoms with Crippen LogP contribution in [0.15, 0.2) is 54.6 Å². The summed E-state index contributed by atoms with van der Waals surface area (Å²) in [6, 6.07) is 16.0. The Morgan fingerprint density at radius 2 is 1.60 bits per heavy atom. The summed E-state index contributed by atoms with van der Waals surface area (Å²) in [5.74, 6) is 1.22. The molecular weight excluding hydrogens is 741 g/mol. The van der Waals surface area contributed by atoms with Crippen LogP contribution in [0, 0.1) is 13.8 Å². The lowest BCUT2D eigenvalue weighted by Crippen LogP contribution is -2.47. The number of anilines is 2. The van der Waals surface area contributed by atoms with Gasteiger partial charge in [0, 0.05) is 45.2 Å². The fraction of sp³-hybridized carbons (Fsp3) is 0.421. The first-order chi connectivity index (χ1) is 24.1. The molecule has 1 saturated heterocycles. The quantitative estimate of drug-likeness (QED) is 0.138. The Morgan fingerprint density at radius 1 is 0.906 bits per heavy atom. The van der Waals surface area contributed by atoms with Crippen molar-refractivity contribution in [2.45, 2.75) is 39.5 Å². The summed E-state index contributed by atoms with van der Waals surface area (Å²) in [5, 5.41) is 5.67. The number of H-pyrrole nitrogens is 1. The van der Waals surface area contributed by atoms with Crippen molar-refractivity contribution >= 4 is 77.4 Å². The molecule has 53 heavy (non-hydrogen) atoms. The molecule has 3 amide bonds. The maximum absolute atomic E-state index is 13.7. The molecule has 1 aliphatic rings. The number of rotatable bonds is 12. The fourth-order valence-electron chi connectivity index (χ4n) is 5.73. The number of fused-ring (bicyclic) bond motifs is 1. The SMILES string of the molecule is CNC.COc1cc(C(=O)N(C)c2ccc(C)cc2OCCCCCC(=O)N2CCN(C)CC2)ccc1C(=O)Nc1cccc2[nH]c(C)nc12.Cl.Cl.Cl. The van der Waals surface area contributed by atoms with Crippen LogP contribution in [0.25, 0.3) is 11.0 Å². The number of benzene rings is 3. The molecular formula is C38H54Cl3N7O5. The van der Waals surface area contributed by atoms with Crippen molar-refractivity contribution < 1.29 is 23.9 Å². The fourth-order valence-corrected chi connectivity index (χ4v) is 5.73. The van der Waals surface area contributed by atoms with Crippen LogP contribution in [-0.2, 0) is 4.79 Å². The molecule has 0 radical (unpaired) electrons. The number of amides is 3. The summed E-state index contributed by atoms with van der Waals surface area (Å²) in [6.07, 6.45) is 3.06. The Kier molecular flexibility index (Phi) is 20.3. The van der Waals surface area contributed by atoms with Gasteiger partial charge in [0.15, 0.2) is 0 Å². The number of halogens is 3. The number of carbonyl (C=O) groups is 3. The first-order valence-electron chi connectivity index (χ1n) is 17.1. The zero-order valence-electron chi connectivity index (χ0n) is 31.6. The normalized spacial score (nSPS) is 12.2. The van der Waals surface area contributed by atoms with Crippen LogP contribution < -0.4 is 25.0 Å². The molecule has 2 heterocycles. The minimum atomic E-state index is -0.375. The van der Waals surface area contributed by atoms with Crippen LogP contribution in [0.5, 0.6) is 11.5 Å². The number of unbranched alkanes of at least 4 members (excludes halogenated alkanes) is 2. The first-order valence-corrected chi connectivity index (χ1v) is 17.1. The predicted molar refractivity (Wildman–Crippen MR) is 220 cm³/mol. The average Bonchev–Trinajstić information content (AvgIpc) is 3.50. The van der Waals surface area contributed by atoms with Gasteiger partial charge in [-0.2, -0.15) is 0 Å². The van der Waals surface area contributed by atoms with Gasteiger partial charge in [-0.05, 0) is 102 Å². The molecule has 0 saturated carbocycles. The lowest BCUT2D eigenvalue weighted by Gasteiger charge is -2.32. The number of likely N-dealkylation sites (N-methyl/N-ethyl adjacent to an activating group) is 1. The van der Waals surface area contributed by atoms with Crippen molar-refractivity contribution in [2.24, 2.45) is 0 Å². The molecule has 1 aromatic heterocycles. The van der Waals surface area contributed by atoms with E-state index in [1.165, 1.54) is 7.11 Å². The number of aromatic nitrogens is 2. The third-order valence-electron chi connectivity index (χ3n) is 8.50. The zero-order chi connectivity index (χ0) is 36.2. The Bertz CT molecular complexity index is 1780. The summed E-state index contributed by atoms with van der Waals surface area (Å²) >= 11 is 0. The number of methoxy groups -OCH3 is 1. The molecule has 3 N–H and O–H groups in total. The zero-order valence-corrected chi connectivity index (χ0v) is 34.1. The number of para-hydroxylation sites is 1. The molecule has 3 aromatic carbocycles. The second kappa shape index (κ2) is 22.9. The highest BCUT2D eigenvalue weighted by atomic mass is 35.5. The number of nitrogens with one attached hydrogen (secondary N) is 3. The summed E-state index contributed by atoms with van der Waals surface area (Å²) in [5.41, 5.74) is 4.36. The van der Waals surface area contributed by atoms with Crippen LogP contribution in [0.3, 0.4) is 0 Å². The Balaban J connectivity index is 0.00000226. The largest absolute Gasteiger partial charge is 0.496 e. The van der Waals surface area contributed by atoms with Crippen molar-refractivity contribution in [3.8, 4) is 11.5 Å². The number of carbonyl (C=O) groups excluding carboxylic acids is 3. The highest BCUT2D eigenvalue weighted by Gasteiger charge is 2.22. The van der Waals surface area contributed by atoms with E-state index in [1.54, 1.807) is 36.2 Å². The number of aromatic amines is 1. The highest BCUT2D eigenvalue weighted by molar-refractivity contribution is 6.11. The van der Waals surface area contributed by atoms with Crippen LogP contribution in [0.2, 0.25) is 0 Å². The topological polar surface area (TPSA) is 132 Å². The number of hydrogen-bond acceptors (Lipinski definition) is 8. The smallest absolute Gasteiger partial charge is 0.259 e. The standard InChI is InChI=1S/C36H44N6O5.C2H7N.3ClH/c1-24-13-16-30(32(22-24)47-21-8-6-7-12-33(43)42-19-17-40(3)18-20-42)41(4)36(45)26-14-15-27(31(23-26)46-5)35(44)39-29-11-9-10-28-34(29)38-25(2)37-28;1-3-2;;;/h9-11,13-16,22-23H,6-8,12,17-21H2,1-5H3,(H,37,38)(H,39,44);3H,1-2H3;3*1H. The summed E-state index contributed by atoms with van der Waals surface area (Å²) in [7, 11) is 9.00. The van der Waals surface area contributed by atoms with E-state index in [1.807, 2.05) is 63.2 Å². The van der Waals surface area contributed by atoms with Crippen molar-refractivity contribution in [3.63, 3.8) is 0 Å². The van der Waals surface area contributed by atoms with E-state index < -0.39 is 0 Å².